The molecule has 0 aliphatic heterocycles. The van der Waals surface area contributed by atoms with Crippen LogP contribution in [0.2, 0.25) is 0 Å². The number of hydrogen-bond donors (Lipinski definition) is 3. The van der Waals surface area contributed by atoms with Gasteiger partial charge in [0.25, 0.3) is 0 Å². The number of nitrogens with one attached hydrogen (secondary N) is 1. The number of aromatic nitrogens is 1. The third kappa shape index (κ3) is 4.73. The van der Waals surface area contributed by atoms with Crippen molar-refractivity contribution in [1.82, 2.24) is 4.98 Å². The Bertz CT molecular complexity index is 1180. The van der Waals surface area contributed by atoms with Crippen LogP contribution in [0.15, 0.2) is 14.6 Å². The highest BCUT2D eigenvalue weighted by atomic mass is 32.2. The quantitative estimate of drug-likeness (QED) is 0.569. The van der Waals surface area contributed by atoms with Gasteiger partial charge in [0.2, 0.25) is 0 Å². The molecule has 2 amide bonds. The van der Waals surface area contributed by atoms with E-state index in [1.165, 1.54) is 20.8 Å². The highest BCUT2D eigenvalue weighted by Crippen LogP contribution is 2.39. The molecule has 1 atom stereocenters. The molecular formula is C18H20F4N4O3S2. The van der Waals surface area contributed by atoms with Gasteiger partial charge >= 0.3 is 12.2 Å². The zero-order valence-electron chi connectivity index (χ0n) is 16.8. The van der Waals surface area contributed by atoms with Crippen molar-refractivity contribution >= 4 is 33.0 Å². The molecule has 4 N–H and O–H groups in total. The Morgan fingerprint density at radius 1 is 1.35 bits per heavy atom. The summed E-state index contributed by atoms with van der Waals surface area (Å²) in [6.45, 7) is 3.93. The minimum atomic E-state index is -4.73. The number of carbonyl (C=O) groups excluding carboxylic acids is 1. The van der Waals surface area contributed by atoms with Crippen LogP contribution in [0.4, 0.5) is 28.0 Å². The smallest absolute Gasteiger partial charge is 0.385 e. The van der Waals surface area contributed by atoms with Crippen molar-refractivity contribution in [3.05, 3.63) is 39.3 Å². The zero-order valence-corrected chi connectivity index (χ0v) is 18.4. The number of fused-ring (bicyclic) bond motifs is 1. The molecule has 13 heteroatoms. The van der Waals surface area contributed by atoms with Crippen molar-refractivity contribution in [3.8, 4) is 0 Å². The van der Waals surface area contributed by atoms with E-state index >= 15 is 0 Å². The molecule has 0 radical (unpaired) electrons. The van der Waals surface area contributed by atoms with E-state index in [1.54, 1.807) is 0 Å². The minimum absolute atomic E-state index is 0.109. The molecule has 1 aliphatic carbocycles. The van der Waals surface area contributed by atoms with Gasteiger partial charge < -0.3 is 10.4 Å². The van der Waals surface area contributed by atoms with Gasteiger partial charge in [0, 0.05) is 16.1 Å². The third-order valence-corrected chi connectivity index (χ3v) is 8.06. The number of pyridine rings is 1. The first-order chi connectivity index (χ1) is 14.1. The van der Waals surface area contributed by atoms with Gasteiger partial charge in [-0.15, -0.1) is 15.7 Å². The molecule has 2 heterocycles. The van der Waals surface area contributed by atoms with Crippen molar-refractivity contribution in [2.45, 2.75) is 56.0 Å². The largest absolute Gasteiger partial charge is 0.433 e. The van der Waals surface area contributed by atoms with E-state index in [1.807, 2.05) is 0 Å². The van der Waals surface area contributed by atoms with Gasteiger partial charge in [-0.3, -0.25) is 0 Å². The first-order valence-electron chi connectivity index (χ1n) is 9.09. The Kier molecular flexibility index (Phi) is 5.93. The van der Waals surface area contributed by atoms with Crippen molar-refractivity contribution < 1.29 is 31.7 Å². The van der Waals surface area contributed by atoms with Crippen LogP contribution in [0.25, 0.3) is 0 Å². The Hall–Kier alpha value is -2.09. The van der Waals surface area contributed by atoms with Crippen LogP contribution in [-0.4, -0.2) is 20.3 Å². The molecule has 0 saturated heterocycles. The van der Waals surface area contributed by atoms with Gasteiger partial charge in [-0.25, -0.2) is 23.5 Å². The molecule has 0 unspecified atom stereocenters. The van der Waals surface area contributed by atoms with Crippen LogP contribution >= 0.6 is 11.3 Å². The van der Waals surface area contributed by atoms with Crippen LogP contribution in [0.5, 0.6) is 0 Å². The minimum Gasteiger partial charge on any atom is -0.385 e. The van der Waals surface area contributed by atoms with Gasteiger partial charge in [0.1, 0.15) is 5.69 Å². The molecular weight excluding hydrogens is 460 g/mol. The van der Waals surface area contributed by atoms with Crippen molar-refractivity contribution in [2.75, 3.05) is 5.32 Å². The van der Waals surface area contributed by atoms with E-state index in [4.69, 9.17) is 5.14 Å². The topological polar surface area (TPSA) is 118 Å². The van der Waals surface area contributed by atoms with Gasteiger partial charge in [-0.2, -0.15) is 13.2 Å². The molecule has 2 aromatic rings. The zero-order chi connectivity index (χ0) is 23.4. The number of urea groups is 1. The van der Waals surface area contributed by atoms with Gasteiger partial charge in [-0.1, -0.05) is 0 Å². The highest BCUT2D eigenvalue weighted by Gasteiger charge is 2.38. The summed E-state index contributed by atoms with van der Waals surface area (Å²) in [5.41, 5.74) is -2.31. The second-order valence-corrected chi connectivity index (χ2v) is 10.7. The second kappa shape index (κ2) is 7.80. The SMILES string of the molecule is Cc1c(C(F)(F)F)nc2c(c1NC(=O)N=[S@@](N)(=O)c1sc(C(C)(C)O)cc1F)CCC2. The predicted octanol–water partition coefficient (Wildman–Crippen LogP) is 4.26. The van der Waals surface area contributed by atoms with E-state index in [-0.39, 0.29) is 21.8 Å². The van der Waals surface area contributed by atoms with Crippen molar-refractivity contribution in [3.63, 3.8) is 0 Å². The fourth-order valence-corrected chi connectivity index (χ4v) is 5.62. The Morgan fingerprint density at radius 3 is 2.55 bits per heavy atom. The summed E-state index contributed by atoms with van der Waals surface area (Å²) in [5.74, 6) is -1.01. The van der Waals surface area contributed by atoms with Crippen LogP contribution in [-0.2, 0) is 34.5 Å². The van der Waals surface area contributed by atoms with Crippen LogP contribution in [0.1, 0.15) is 47.7 Å². The fourth-order valence-electron chi connectivity index (χ4n) is 3.28. The second-order valence-electron chi connectivity index (χ2n) is 7.63. The number of thiophene rings is 1. The number of anilines is 1. The van der Waals surface area contributed by atoms with E-state index in [2.05, 4.69) is 14.7 Å². The number of nitrogens with zero attached hydrogens (tertiary/aromatic N) is 2. The van der Waals surface area contributed by atoms with Gasteiger partial charge in [0.05, 0.1) is 11.3 Å². The molecule has 0 aromatic carbocycles. The first kappa shape index (κ1) is 23.6. The van der Waals surface area contributed by atoms with Gasteiger partial charge in [-0.05, 0) is 51.7 Å². The Balaban J connectivity index is 2.01. The maximum absolute atomic E-state index is 14.3. The standard InChI is InChI=1S/C18H20F4N4O3S2/c1-8-13(9-5-4-6-11(9)24-14(8)18(20,21)22)25-16(27)26-31(23,29)15-10(19)7-12(30-15)17(2,3)28/h7,28H,4-6H2,1-3H3,(H3,23,24,25,26,27,29)/t31-/m1/s1. The summed E-state index contributed by atoms with van der Waals surface area (Å²) in [6.07, 6.45) is -3.43. The number of alkyl halides is 3. The predicted molar refractivity (Wildman–Crippen MR) is 108 cm³/mol. The average Bonchev–Trinajstić information content (AvgIpc) is 3.21. The lowest BCUT2D eigenvalue weighted by molar-refractivity contribution is -0.141. The highest BCUT2D eigenvalue weighted by molar-refractivity contribution is 7.93. The summed E-state index contributed by atoms with van der Waals surface area (Å²) in [7, 11) is -4.06. The van der Waals surface area contributed by atoms with E-state index in [0.29, 0.717) is 36.2 Å². The first-order valence-corrected chi connectivity index (χ1v) is 11.5. The summed E-state index contributed by atoms with van der Waals surface area (Å²) in [4.78, 5) is 16.2. The molecule has 170 valence electrons. The Morgan fingerprint density at radius 2 is 2.00 bits per heavy atom. The number of aryl methyl sites for hydroxylation is 1. The van der Waals surface area contributed by atoms with E-state index < -0.39 is 43.4 Å². The monoisotopic (exact) mass is 480 g/mol. The number of halogens is 4. The van der Waals surface area contributed by atoms with Crippen LogP contribution in [0, 0.1) is 12.7 Å². The lowest BCUT2D eigenvalue weighted by Gasteiger charge is -2.17. The van der Waals surface area contributed by atoms with Gasteiger partial charge in [0.15, 0.2) is 19.9 Å². The molecule has 0 fully saturated rings. The molecule has 0 saturated carbocycles. The molecule has 0 spiro atoms. The lowest BCUT2D eigenvalue weighted by atomic mass is 10.1. The Labute approximate surface area is 180 Å². The number of hydrogen-bond acceptors (Lipinski definition) is 5. The fraction of sp³-hybridized carbons (Fsp3) is 0.444. The normalized spacial score (nSPS) is 16.0. The number of amides is 2. The molecule has 1 aliphatic rings. The van der Waals surface area contributed by atoms with Crippen molar-refractivity contribution in [1.29, 1.82) is 0 Å². The molecule has 7 nitrogen and oxygen atoms in total. The van der Waals surface area contributed by atoms with Crippen LogP contribution in [0.3, 0.4) is 0 Å². The third-order valence-electron chi connectivity index (χ3n) is 4.71. The summed E-state index contributed by atoms with van der Waals surface area (Å²) in [6, 6.07) is -0.336. The summed E-state index contributed by atoms with van der Waals surface area (Å²) < 4.78 is 69.8. The maximum Gasteiger partial charge on any atom is 0.433 e. The van der Waals surface area contributed by atoms with E-state index in [9.17, 15) is 31.7 Å². The number of aliphatic hydroxyl groups is 1. The average molecular weight is 481 g/mol. The number of carbonyl (C=O) groups is 1. The lowest BCUT2D eigenvalue weighted by Crippen LogP contribution is -2.20. The summed E-state index contributed by atoms with van der Waals surface area (Å²) in [5, 5.41) is 17.8. The molecule has 2 aromatic heterocycles. The molecule has 0 bridgehead atoms. The molecule has 31 heavy (non-hydrogen) atoms. The number of rotatable bonds is 3. The number of nitrogens with two attached hydrogens (primary N) is 1. The van der Waals surface area contributed by atoms with Crippen molar-refractivity contribution in [2.24, 2.45) is 9.50 Å². The maximum atomic E-state index is 14.3. The van der Waals surface area contributed by atoms with E-state index in [0.717, 1.165) is 6.07 Å². The molecule has 3 rings (SSSR count). The van der Waals surface area contributed by atoms with Crippen LogP contribution < -0.4 is 10.5 Å². The summed E-state index contributed by atoms with van der Waals surface area (Å²) >= 11 is 0.593.